The van der Waals surface area contributed by atoms with Crippen LogP contribution in [0, 0.1) is 20.8 Å². The van der Waals surface area contributed by atoms with Crippen LogP contribution < -0.4 is 0 Å². The van der Waals surface area contributed by atoms with Crippen LogP contribution in [0.1, 0.15) is 46.7 Å². The average Bonchev–Trinajstić information content (AvgIpc) is 2.98. The number of nitrogens with zero attached hydrogens (tertiary/aromatic N) is 1. The lowest BCUT2D eigenvalue weighted by molar-refractivity contribution is -0.142. The number of hydrogen-bond acceptors (Lipinski definition) is 2. The van der Waals surface area contributed by atoms with Gasteiger partial charge in [0.05, 0.1) is 6.04 Å². The van der Waals surface area contributed by atoms with Gasteiger partial charge in [-0.2, -0.15) is 0 Å². The largest absolute Gasteiger partial charge is 0.480 e. The second kappa shape index (κ2) is 6.78. The molecule has 0 aliphatic carbocycles. The zero-order valence-corrected chi connectivity index (χ0v) is 14.6. The summed E-state index contributed by atoms with van der Waals surface area (Å²) in [5.74, 6) is -0.713. The van der Waals surface area contributed by atoms with Gasteiger partial charge in [0.15, 0.2) is 0 Å². The Morgan fingerprint density at radius 1 is 1.12 bits per heavy atom. The van der Waals surface area contributed by atoms with Crippen LogP contribution in [0.5, 0.6) is 0 Å². The van der Waals surface area contributed by atoms with E-state index in [1.807, 2.05) is 12.1 Å². The Labute approximate surface area is 143 Å². The first-order valence-corrected chi connectivity index (χ1v) is 8.59. The van der Waals surface area contributed by atoms with Gasteiger partial charge in [-0.25, -0.2) is 0 Å². The van der Waals surface area contributed by atoms with Crippen molar-refractivity contribution in [2.75, 3.05) is 6.54 Å². The lowest BCUT2D eigenvalue weighted by Crippen LogP contribution is -2.39. The van der Waals surface area contributed by atoms with E-state index in [0.29, 0.717) is 0 Å². The SMILES string of the molecule is Cc1cc(C)cc(C(c2ccccc2C)N2CCCC2C(=O)O)c1. The van der Waals surface area contributed by atoms with Gasteiger partial charge in [0.2, 0.25) is 0 Å². The monoisotopic (exact) mass is 323 g/mol. The highest BCUT2D eigenvalue weighted by molar-refractivity contribution is 5.74. The maximum Gasteiger partial charge on any atom is 0.320 e. The highest BCUT2D eigenvalue weighted by Crippen LogP contribution is 2.36. The molecule has 2 atom stereocenters. The molecule has 2 aromatic carbocycles. The molecule has 2 unspecified atom stereocenters. The first kappa shape index (κ1) is 16.7. The predicted octanol–water partition coefficient (Wildman–Crippen LogP) is 4.25. The third-order valence-corrected chi connectivity index (χ3v) is 4.95. The summed E-state index contributed by atoms with van der Waals surface area (Å²) in [6, 6.07) is 14.5. The maximum atomic E-state index is 11.8. The van der Waals surface area contributed by atoms with Gasteiger partial charge in [0, 0.05) is 6.54 Å². The lowest BCUT2D eigenvalue weighted by atomic mass is 9.91. The molecule has 126 valence electrons. The fourth-order valence-corrected chi connectivity index (χ4v) is 3.97. The van der Waals surface area contributed by atoms with Crippen LogP contribution in [0.3, 0.4) is 0 Å². The molecular weight excluding hydrogens is 298 g/mol. The number of benzene rings is 2. The van der Waals surface area contributed by atoms with Gasteiger partial charge in [0.1, 0.15) is 6.04 Å². The number of rotatable bonds is 4. The van der Waals surface area contributed by atoms with E-state index in [2.05, 4.69) is 56.0 Å². The summed E-state index contributed by atoms with van der Waals surface area (Å²) in [5, 5.41) is 9.66. The van der Waals surface area contributed by atoms with Crippen molar-refractivity contribution in [3.05, 3.63) is 70.3 Å². The molecule has 3 rings (SSSR count). The molecule has 1 fully saturated rings. The van der Waals surface area contributed by atoms with Gasteiger partial charge in [0.25, 0.3) is 0 Å². The van der Waals surface area contributed by atoms with E-state index < -0.39 is 12.0 Å². The van der Waals surface area contributed by atoms with Crippen molar-refractivity contribution >= 4 is 5.97 Å². The summed E-state index contributed by atoms with van der Waals surface area (Å²) in [6.45, 7) is 7.13. The second-order valence-electron chi connectivity index (χ2n) is 6.91. The van der Waals surface area contributed by atoms with Gasteiger partial charge in [-0.1, -0.05) is 53.6 Å². The number of likely N-dealkylation sites (tertiary alicyclic amines) is 1. The van der Waals surface area contributed by atoms with Crippen molar-refractivity contribution < 1.29 is 9.90 Å². The molecule has 0 amide bonds. The van der Waals surface area contributed by atoms with Gasteiger partial charge >= 0.3 is 5.97 Å². The first-order valence-electron chi connectivity index (χ1n) is 8.59. The van der Waals surface area contributed by atoms with E-state index in [0.717, 1.165) is 19.4 Å². The van der Waals surface area contributed by atoms with E-state index >= 15 is 0 Å². The minimum Gasteiger partial charge on any atom is -0.480 e. The highest BCUT2D eigenvalue weighted by Gasteiger charge is 2.37. The maximum absolute atomic E-state index is 11.8. The Bertz CT molecular complexity index is 733. The van der Waals surface area contributed by atoms with E-state index in [4.69, 9.17) is 0 Å². The Hall–Kier alpha value is -2.13. The number of hydrogen-bond donors (Lipinski definition) is 1. The Kier molecular flexibility index (Phi) is 4.72. The van der Waals surface area contributed by atoms with Crippen molar-refractivity contribution in [3.63, 3.8) is 0 Å². The number of carboxylic acids is 1. The summed E-state index contributed by atoms with van der Waals surface area (Å²) in [4.78, 5) is 13.9. The van der Waals surface area contributed by atoms with E-state index in [1.54, 1.807) is 0 Å². The molecule has 0 aromatic heterocycles. The van der Waals surface area contributed by atoms with Gasteiger partial charge in [-0.15, -0.1) is 0 Å². The third kappa shape index (κ3) is 3.22. The van der Waals surface area contributed by atoms with Crippen LogP contribution in [0.25, 0.3) is 0 Å². The van der Waals surface area contributed by atoms with Crippen LogP contribution in [0.2, 0.25) is 0 Å². The Morgan fingerprint density at radius 3 is 2.42 bits per heavy atom. The molecule has 24 heavy (non-hydrogen) atoms. The topological polar surface area (TPSA) is 40.5 Å². The number of aryl methyl sites for hydroxylation is 3. The molecule has 1 N–H and O–H groups in total. The van der Waals surface area contributed by atoms with Crippen molar-refractivity contribution in [3.8, 4) is 0 Å². The summed E-state index contributed by atoms with van der Waals surface area (Å²) < 4.78 is 0. The van der Waals surface area contributed by atoms with Crippen molar-refractivity contribution in [1.29, 1.82) is 0 Å². The number of carbonyl (C=O) groups is 1. The van der Waals surface area contributed by atoms with Crippen LogP contribution >= 0.6 is 0 Å². The average molecular weight is 323 g/mol. The van der Waals surface area contributed by atoms with Crippen molar-refractivity contribution in [1.82, 2.24) is 4.90 Å². The standard InChI is InChI=1S/C21H25NO2/c1-14-11-15(2)13-17(12-14)20(18-8-5-4-7-16(18)3)22-10-6-9-19(22)21(23)24/h4-5,7-8,11-13,19-20H,6,9-10H2,1-3H3,(H,23,24). The van der Waals surface area contributed by atoms with Crippen molar-refractivity contribution in [2.24, 2.45) is 0 Å². The molecule has 1 saturated heterocycles. The Balaban J connectivity index is 2.14. The molecule has 1 aliphatic heterocycles. The molecule has 0 radical (unpaired) electrons. The fourth-order valence-electron chi connectivity index (χ4n) is 3.97. The quantitative estimate of drug-likeness (QED) is 0.914. The fraction of sp³-hybridized carbons (Fsp3) is 0.381. The van der Waals surface area contributed by atoms with Gasteiger partial charge in [-0.05, 0) is 50.3 Å². The van der Waals surface area contributed by atoms with E-state index in [9.17, 15) is 9.90 Å². The normalized spacial score (nSPS) is 19.4. The molecule has 0 saturated carbocycles. The minimum absolute atomic E-state index is 0.00611. The summed E-state index contributed by atoms with van der Waals surface area (Å²) in [7, 11) is 0. The van der Waals surface area contributed by atoms with E-state index in [1.165, 1.54) is 27.8 Å². The molecule has 0 spiro atoms. The minimum atomic E-state index is -0.713. The predicted molar refractivity (Wildman–Crippen MR) is 96.3 cm³/mol. The second-order valence-corrected chi connectivity index (χ2v) is 6.91. The molecule has 2 aromatic rings. The molecule has 0 bridgehead atoms. The van der Waals surface area contributed by atoms with Crippen molar-refractivity contribution in [2.45, 2.75) is 45.7 Å². The Morgan fingerprint density at radius 2 is 1.79 bits per heavy atom. The smallest absolute Gasteiger partial charge is 0.320 e. The molecule has 3 nitrogen and oxygen atoms in total. The van der Waals surface area contributed by atoms with Gasteiger partial charge in [-0.3, -0.25) is 9.69 Å². The summed E-state index contributed by atoms with van der Waals surface area (Å²) >= 11 is 0. The first-order chi connectivity index (χ1) is 11.5. The summed E-state index contributed by atoms with van der Waals surface area (Å²) in [5.41, 5.74) is 6.03. The molecule has 1 aliphatic rings. The zero-order valence-electron chi connectivity index (χ0n) is 14.6. The molecule has 1 heterocycles. The highest BCUT2D eigenvalue weighted by atomic mass is 16.4. The van der Waals surface area contributed by atoms with E-state index in [-0.39, 0.29) is 6.04 Å². The van der Waals surface area contributed by atoms with Gasteiger partial charge < -0.3 is 5.11 Å². The number of carboxylic acid groups (broad SMARTS) is 1. The molecule has 3 heteroatoms. The molecular formula is C21H25NO2. The van der Waals surface area contributed by atoms with Crippen LogP contribution in [-0.4, -0.2) is 28.6 Å². The zero-order chi connectivity index (χ0) is 17.3. The third-order valence-electron chi connectivity index (χ3n) is 4.95. The summed E-state index contributed by atoms with van der Waals surface area (Å²) in [6.07, 6.45) is 1.66. The van der Waals surface area contributed by atoms with Crippen LogP contribution in [-0.2, 0) is 4.79 Å². The number of aliphatic carboxylic acids is 1. The lowest BCUT2D eigenvalue weighted by Gasteiger charge is -2.33. The van der Waals surface area contributed by atoms with Crippen LogP contribution in [0.15, 0.2) is 42.5 Å². The van der Waals surface area contributed by atoms with Crippen LogP contribution in [0.4, 0.5) is 0 Å².